The summed E-state index contributed by atoms with van der Waals surface area (Å²) < 4.78 is 2.52. The second-order valence-corrected chi connectivity index (χ2v) is 5.39. The molecule has 96 valence electrons. The van der Waals surface area contributed by atoms with Crippen molar-refractivity contribution >= 4 is 23.6 Å². The summed E-state index contributed by atoms with van der Waals surface area (Å²) >= 11 is 6.90. The molecule has 0 radical (unpaired) electrons. The number of pyridine rings is 1. The minimum absolute atomic E-state index is 0.590. The van der Waals surface area contributed by atoms with Crippen molar-refractivity contribution in [2.24, 2.45) is 0 Å². The van der Waals surface area contributed by atoms with Gasteiger partial charge >= 0.3 is 0 Å². The van der Waals surface area contributed by atoms with Gasteiger partial charge in [0.15, 0.2) is 10.6 Å². The first-order valence-electron chi connectivity index (χ1n) is 5.70. The van der Waals surface area contributed by atoms with Gasteiger partial charge in [0.25, 0.3) is 0 Å². The summed E-state index contributed by atoms with van der Waals surface area (Å²) in [6, 6.07) is 3.84. The zero-order valence-corrected chi connectivity index (χ0v) is 11.8. The van der Waals surface area contributed by atoms with E-state index in [2.05, 4.69) is 20.2 Å². The van der Waals surface area contributed by atoms with Gasteiger partial charge in [-0.2, -0.15) is 5.10 Å². The van der Waals surface area contributed by atoms with E-state index in [-0.39, 0.29) is 0 Å². The summed E-state index contributed by atoms with van der Waals surface area (Å²) in [7, 11) is 0. The van der Waals surface area contributed by atoms with Gasteiger partial charge in [-0.3, -0.25) is 14.6 Å². The Morgan fingerprint density at radius 1 is 1.47 bits per heavy atom. The molecule has 0 amide bonds. The third-order valence-electron chi connectivity index (χ3n) is 2.64. The van der Waals surface area contributed by atoms with E-state index in [0.717, 1.165) is 22.1 Å². The quantitative estimate of drug-likeness (QED) is 0.753. The van der Waals surface area contributed by atoms with Crippen LogP contribution < -0.4 is 0 Å². The fourth-order valence-electron chi connectivity index (χ4n) is 1.79. The topological polar surface area (TPSA) is 59.4 Å². The summed E-state index contributed by atoms with van der Waals surface area (Å²) in [6.45, 7) is 2.61. The van der Waals surface area contributed by atoms with Crippen LogP contribution in [0.4, 0.5) is 0 Å². The second kappa shape index (κ2) is 5.02. The van der Waals surface area contributed by atoms with Crippen LogP contribution in [0.25, 0.3) is 11.4 Å². The van der Waals surface area contributed by atoms with E-state index in [1.807, 2.05) is 29.0 Å². The molecule has 0 saturated heterocycles. The molecule has 3 heterocycles. The number of hydrogen-bond acceptors (Lipinski definition) is 5. The smallest absolute Gasteiger partial charge is 0.195 e. The Hall–Kier alpha value is -1.86. The molecule has 3 rings (SSSR count). The summed E-state index contributed by atoms with van der Waals surface area (Å²) in [5.41, 5.74) is 1.96. The van der Waals surface area contributed by atoms with Crippen LogP contribution in [0.5, 0.6) is 0 Å². The normalized spacial score (nSPS) is 10.8. The Morgan fingerprint density at radius 2 is 2.37 bits per heavy atom. The van der Waals surface area contributed by atoms with Gasteiger partial charge in [-0.1, -0.05) is 0 Å². The van der Waals surface area contributed by atoms with Gasteiger partial charge in [0.2, 0.25) is 0 Å². The molecule has 19 heavy (non-hydrogen) atoms. The molecule has 0 unspecified atom stereocenters. The van der Waals surface area contributed by atoms with Crippen LogP contribution in [0.2, 0.25) is 0 Å². The maximum atomic E-state index is 5.28. The lowest BCUT2D eigenvalue weighted by molar-refractivity contribution is 0.781. The molecule has 5 nitrogen and oxygen atoms in total. The lowest BCUT2D eigenvalue weighted by Crippen LogP contribution is -2.02. The van der Waals surface area contributed by atoms with Crippen LogP contribution in [0.1, 0.15) is 10.7 Å². The van der Waals surface area contributed by atoms with Gasteiger partial charge in [-0.15, -0.1) is 11.3 Å². The number of aromatic nitrogens is 5. The van der Waals surface area contributed by atoms with Crippen molar-refractivity contribution in [3.8, 4) is 11.4 Å². The van der Waals surface area contributed by atoms with Gasteiger partial charge in [0.05, 0.1) is 6.54 Å². The van der Waals surface area contributed by atoms with Crippen molar-refractivity contribution in [1.82, 2.24) is 24.7 Å². The largest absolute Gasteiger partial charge is 0.293 e. The molecular formula is C12H11N5S2. The minimum atomic E-state index is 0.590. The predicted molar refractivity (Wildman–Crippen MR) is 76.6 cm³/mol. The molecule has 3 aromatic rings. The number of aryl methyl sites for hydroxylation is 1. The number of nitrogens with one attached hydrogen (secondary N) is 1. The fraction of sp³-hybridized carbons (Fsp3) is 0.167. The first-order valence-corrected chi connectivity index (χ1v) is 6.99. The average molecular weight is 289 g/mol. The molecule has 1 N–H and O–H groups in total. The second-order valence-electron chi connectivity index (χ2n) is 4.06. The molecule has 0 aliphatic heterocycles. The number of aromatic amines is 1. The molecule has 0 aliphatic rings. The van der Waals surface area contributed by atoms with Gasteiger partial charge in [-0.25, -0.2) is 4.98 Å². The van der Waals surface area contributed by atoms with Crippen LogP contribution in [0.3, 0.4) is 0 Å². The van der Waals surface area contributed by atoms with Crippen LogP contribution in [-0.2, 0) is 6.54 Å². The lowest BCUT2D eigenvalue weighted by Gasteiger charge is -2.04. The molecule has 0 aromatic carbocycles. The predicted octanol–water partition coefficient (Wildman–Crippen LogP) is 2.82. The summed E-state index contributed by atoms with van der Waals surface area (Å²) in [5, 5.41) is 10.1. The van der Waals surface area contributed by atoms with Crippen molar-refractivity contribution in [1.29, 1.82) is 0 Å². The maximum absolute atomic E-state index is 5.28. The van der Waals surface area contributed by atoms with Crippen molar-refractivity contribution in [2.75, 3.05) is 0 Å². The van der Waals surface area contributed by atoms with E-state index in [0.29, 0.717) is 11.3 Å². The molecule has 0 bridgehead atoms. The standard InChI is InChI=1S/C12H11N5S2/c1-8-7-19-10(14-8)6-17-11(15-16-12(17)18)9-3-2-4-13-5-9/h2-5,7H,6H2,1H3,(H,16,18). The Kier molecular flexibility index (Phi) is 3.22. The monoisotopic (exact) mass is 289 g/mol. The highest BCUT2D eigenvalue weighted by Gasteiger charge is 2.10. The van der Waals surface area contributed by atoms with Crippen molar-refractivity contribution in [3.63, 3.8) is 0 Å². The zero-order valence-electron chi connectivity index (χ0n) is 10.2. The number of rotatable bonds is 3. The fourth-order valence-corrected chi connectivity index (χ4v) is 2.75. The van der Waals surface area contributed by atoms with Gasteiger partial charge in [-0.05, 0) is 31.3 Å². The highest BCUT2D eigenvalue weighted by Crippen LogP contribution is 2.18. The maximum Gasteiger partial charge on any atom is 0.195 e. The first kappa shape index (κ1) is 12.2. The Bertz CT molecular complexity index is 741. The van der Waals surface area contributed by atoms with E-state index < -0.39 is 0 Å². The molecule has 0 fully saturated rings. The molecule has 0 saturated carbocycles. The number of H-pyrrole nitrogens is 1. The Morgan fingerprint density at radius 3 is 3.05 bits per heavy atom. The van der Waals surface area contributed by atoms with E-state index >= 15 is 0 Å². The van der Waals surface area contributed by atoms with E-state index in [1.165, 1.54) is 0 Å². The molecule has 0 spiro atoms. The summed E-state index contributed by atoms with van der Waals surface area (Å²) in [5.74, 6) is 0.783. The van der Waals surface area contributed by atoms with E-state index in [4.69, 9.17) is 12.2 Å². The van der Waals surface area contributed by atoms with Crippen LogP contribution >= 0.6 is 23.6 Å². The van der Waals surface area contributed by atoms with Gasteiger partial charge in [0, 0.05) is 29.0 Å². The van der Waals surface area contributed by atoms with Crippen LogP contribution in [0.15, 0.2) is 29.9 Å². The van der Waals surface area contributed by atoms with E-state index in [9.17, 15) is 0 Å². The molecule has 3 aromatic heterocycles. The zero-order chi connectivity index (χ0) is 13.2. The lowest BCUT2D eigenvalue weighted by atomic mass is 10.3. The number of hydrogen-bond donors (Lipinski definition) is 1. The SMILES string of the molecule is Cc1csc(Cn2c(-c3cccnc3)n[nH]c2=S)n1. The molecular weight excluding hydrogens is 278 g/mol. The van der Waals surface area contributed by atoms with Crippen molar-refractivity contribution in [3.05, 3.63) is 45.4 Å². The highest BCUT2D eigenvalue weighted by molar-refractivity contribution is 7.71. The Labute approximate surface area is 119 Å². The van der Waals surface area contributed by atoms with E-state index in [1.54, 1.807) is 23.7 Å². The third kappa shape index (κ3) is 2.47. The highest BCUT2D eigenvalue weighted by atomic mass is 32.1. The summed E-state index contributed by atoms with van der Waals surface area (Å²) in [6.07, 6.45) is 3.51. The number of thiazole rings is 1. The first-order chi connectivity index (χ1) is 9.24. The van der Waals surface area contributed by atoms with Crippen molar-refractivity contribution < 1.29 is 0 Å². The minimum Gasteiger partial charge on any atom is -0.293 e. The molecule has 0 aliphatic carbocycles. The Balaban J connectivity index is 2.02. The van der Waals surface area contributed by atoms with Gasteiger partial charge < -0.3 is 0 Å². The van der Waals surface area contributed by atoms with Crippen LogP contribution in [-0.4, -0.2) is 24.7 Å². The van der Waals surface area contributed by atoms with Crippen molar-refractivity contribution in [2.45, 2.75) is 13.5 Å². The molecule has 0 atom stereocenters. The third-order valence-corrected chi connectivity index (χ3v) is 3.90. The summed E-state index contributed by atoms with van der Waals surface area (Å²) in [4.78, 5) is 8.56. The molecule has 7 heteroatoms. The average Bonchev–Trinajstić information content (AvgIpc) is 2.99. The van der Waals surface area contributed by atoms with Crippen LogP contribution in [0, 0.1) is 11.7 Å². The number of nitrogens with zero attached hydrogens (tertiary/aromatic N) is 4. The van der Waals surface area contributed by atoms with Gasteiger partial charge in [0.1, 0.15) is 5.01 Å².